The number of benzene rings is 3. The molecule has 5 rings (SSSR count). The number of nitrogens with zero attached hydrogens (tertiary/aromatic N) is 1. The summed E-state index contributed by atoms with van der Waals surface area (Å²) < 4.78 is 0. The molecule has 0 aromatic heterocycles. The molecule has 0 bridgehead atoms. The van der Waals surface area contributed by atoms with Gasteiger partial charge in [0.05, 0.1) is 6.42 Å². The fraction of sp³-hybridized carbons (Fsp3) is 0.394. The molecule has 1 aliphatic heterocycles. The fourth-order valence-electron chi connectivity index (χ4n) is 5.87. The second-order valence-corrected chi connectivity index (χ2v) is 10.7. The Morgan fingerprint density at radius 1 is 1.00 bits per heavy atom. The molecule has 1 heterocycles. The molecule has 0 atom stereocenters. The van der Waals surface area contributed by atoms with Crippen LogP contribution in [0.25, 0.3) is 0 Å². The van der Waals surface area contributed by atoms with Crippen LogP contribution in [0.5, 0.6) is 0 Å². The second-order valence-electron chi connectivity index (χ2n) is 10.7. The van der Waals surface area contributed by atoms with Crippen LogP contribution < -0.4 is 10.2 Å². The van der Waals surface area contributed by atoms with Crippen LogP contribution in [0.15, 0.2) is 72.8 Å². The van der Waals surface area contributed by atoms with Gasteiger partial charge in [-0.15, -0.1) is 0 Å². The van der Waals surface area contributed by atoms with Crippen LogP contribution in [0.1, 0.15) is 72.5 Å². The summed E-state index contributed by atoms with van der Waals surface area (Å²) in [5, 5.41) is 10.7. The lowest BCUT2D eigenvalue weighted by Crippen LogP contribution is -2.32. The number of aryl methyl sites for hydroxylation is 1. The van der Waals surface area contributed by atoms with Gasteiger partial charge in [-0.25, -0.2) is 0 Å². The Labute approximate surface area is 226 Å². The van der Waals surface area contributed by atoms with E-state index in [1.54, 1.807) is 7.05 Å². The Balaban J connectivity index is 0.000000426. The molecule has 0 unspecified atom stereocenters. The summed E-state index contributed by atoms with van der Waals surface area (Å²) in [6.45, 7) is 4.00. The number of hydrogen-bond donors (Lipinski definition) is 2. The van der Waals surface area contributed by atoms with E-state index >= 15 is 0 Å². The minimum Gasteiger partial charge on any atom is -0.481 e. The third kappa shape index (κ3) is 6.33. The molecule has 2 N–H and O–H groups in total. The number of nitrogens with one attached hydrogen (secondary N) is 1. The number of carbonyl (C=O) groups excluding carboxylic acids is 1. The molecule has 0 amide bonds. The molecular weight excluding hydrogens is 472 g/mol. The third-order valence-electron chi connectivity index (χ3n) is 8.16. The average Bonchev–Trinajstić information content (AvgIpc) is 2.97. The SMILES string of the molecule is CC1CCC(c2ccc(C=O)cc2)(c2ccc(N3CCCc4ccccc43)cc2)CC1.CNCCC(=O)O. The van der Waals surface area contributed by atoms with Crippen molar-refractivity contribution >= 4 is 23.6 Å². The maximum Gasteiger partial charge on any atom is 0.304 e. The Morgan fingerprint density at radius 3 is 2.21 bits per heavy atom. The van der Waals surface area contributed by atoms with Gasteiger partial charge in [0, 0.05) is 35.4 Å². The van der Waals surface area contributed by atoms with E-state index in [0.717, 1.165) is 24.3 Å². The molecule has 3 aromatic carbocycles. The number of aliphatic carboxylic acids is 1. The summed E-state index contributed by atoms with van der Waals surface area (Å²) in [5.74, 6) is 0.0286. The minimum atomic E-state index is -0.755. The summed E-state index contributed by atoms with van der Waals surface area (Å²) in [6, 6.07) is 26.4. The number of para-hydroxylation sites is 1. The molecule has 0 spiro atoms. The molecule has 0 saturated heterocycles. The number of hydrogen-bond acceptors (Lipinski definition) is 4. The van der Waals surface area contributed by atoms with Gasteiger partial charge in [0.2, 0.25) is 0 Å². The van der Waals surface area contributed by atoms with Gasteiger partial charge in [0.1, 0.15) is 6.29 Å². The Hall–Kier alpha value is -3.44. The molecule has 1 aliphatic carbocycles. The first kappa shape index (κ1) is 27.6. The van der Waals surface area contributed by atoms with Crippen molar-refractivity contribution in [2.24, 2.45) is 5.92 Å². The molecule has 5 nitrogen and oxygen atoms in total. The van der Waals surface area contributed by atoms with Gasteiger partial charge in [-0.3, -0.25) is 9.59 Å². The highest BCUT2D eigenvalue weighted by Crippen LogP contribution is 2.47. The van der Waals surface area contributed by atoms with E-state index in [1.807, 2.05) is 12.1 Å². The summed E-state index contributed by atoms with van der Waals surface area (Å²) in [5.41, 5.74) is 7.65. The predicted molar refractivity (Wildman–Crippen MR) is 155 cm³/mol. The third-order valence-corrected chi connectivity index (χ3v) is 8.16. The normalized spacial score (nSPS) is 20.6. The average molecular weight is 513 g/mol. The van der Waals surface area contributed by atoms with Gasteiger partial charge in [-0.05, 0) is 86.4 Å². The van der Waals surface area contributed by atoms with Crippen LogP contribution in [0, 0.1) is 5.92 Å². The molecular formula is C33H40N2O3. The summed E-state index contributed by atoms with van der Waals surface area (Å²) in [7, 11) is 1.73. The van der Waals surface area contributed by atoms with Gasteiger partial charge in [0.15, 0.2) is 0 Å². The van der Waals surface area contributed by atoms with Crippen LogP contribution in [-0.4, -0.2) is 37.5 Å². The number of carbonyl (C=O) groups is 2. The monoisotopic (exact) mass is 512 g/mol. The summed E-state index contributed by atoms with van der Waals surface area (Å²) in [6.07, 6.45) is 8.34. The highest BCUT2D eigenvalue weighted by molar-refractivity contribution is 5.75. The summed E-state index contributed by atoms with van der Waals surface area (Å²) >= 11 is 0. The number of anilines is 2. The van der Waals surface area contributed by atoms with E-state index in [0.29, 0.717) is 6.54 Å². The van der Waals surface area contributed by atoms with Crippen molar-refractivity contribution in [2.75, 3.05) is 25.0 Å². The van der Waals surface area contributed by atoms with Gasteiger partial charge in [-0.2, -0.15) is 0 Å². The van der Waals surface area contributed by atoms with Crippen LogP contribution in [0.2, 0.25) is 0 Å². The highest BCUT2D eigenvalue weighted by Gasteiger charge is 2.37. The van der Waals surface area contributed by atoms with Crippen molar-refractivity contribution in [1.29, 1.82) is 0 Å². The topological polar surface area (TPSA) is 69.6 Å². The Bertz CT molecular complexity index is 1200. The fourth-order valence-corrected chi connectivity index (χ4v) is 5.87. The van der Waals surface area contributed by atoms with E-state index in [1.165, 1.54) is 66.6 Å². The first-order valence-electron chi connectivity index (χ1n) is 13.8. The number of aldehydes is 1. The largest absolute Gasteiger partial charge is 0.481 e. The molecule has 1 saturated carbocycles. The smallest absolute Gasteiger partial charge is 0.304 e. The Morgan fingerprint density at radius 2 is 1.63 bits per heavy atom. The van der Waals surface area contributed by atoms with Crippen molar-refractivity contribution in [1.82, 2.24) is 5.32 Å². The molecule has 5 heteroatoms. The number of rotatable bonds is 7. The van der Waals surface area contributed by atoms with Crippen molar-refractivity contribution in [2.45, 2.75) is 57.3 Å². The van der Waals surface area contributed by atoms with E-state index in [2.05, 4.69) is 77.8 Å². The molecule has 0 radical (unpaired) electrons. The van der Waals surface area contributed by atoms with E-state index in [4.69, 9.17) is 5.11 Å². The lowest BCUT2D eigenvalue weighted by molar-refractivity contribution is -0.136. The minimum absolute atomic E-state index is 0.0479. The summed E-state index contributed by atoms with van der Waals surface area (Å²) in [4.78, 5) is 23.3. The van der Waals surface area contributed by atoms with Crippen LogP contribution in [0.3, 0.4) is 0 Å². The maximum atomic E-state index is 11.2. The number of carboxylic acid groups (broad SMARTS) is 1. The van der Waals surface area contributed by atoms with Gasteiger partial charge in [-0.1, -0.05) is 61.5 Å². The highest BCUT2D eigenvalue weighted by atomic mass is 16.4. The molecule has 200 valence electrons. The van der Waals surface area contributed by atoms with Crippen molar-refractivity contribution in [3.05, 3.63) is 95.1 Å². The lowest BCUT2D eigenvalue weighted by Gasteiger charge is -2.41. The van der Waals surface area contributed by atoms with E-state index in [-0.39, 0.29) is 11.8 Å². The van der Waals surface area contributed by atoms with E-state index < -0.39 is 5.97 Å². The lowest BCUT2D eigenvalue weighted by atomic mass is 9.63. The van der Waals surface area contributed by atoms with Crippen LogP contribution >= 0.6 is 0 Å². The van der Waals surface area contributed by atoms with Crippen LogP contribution in [-0.2, 0) is 16.6 Å². The zero-order valence-electron chi connectivity index (χ0n) is 22.7. The zero-order chi connectivity index (χ0) is 27.0. The van der Waals surface area contributed by atoms with E-state index in [9.17, 15) is 9.59 Å². The van der Waals surface area contributed by atoms with Gasteiger partial charge >= 0.3 is 5.97 Å². The second kappa shape index (κ2) is 12.9. The number of carboxylic acids is 1. The predicted octanol–water partition coefficient (Wildman–Crippen LogP) is 6.76. The zero-order valence-corrected chi connectivity index (χ0v) is 22.7. The van der Waals surface area contributed by atoms with Crippen molar-refractivity contribution in [3.8, 4) is 0 Å². The van der Waals surface area contributed by atoms with Gasteiger partial charge in [0.25, 0.3) is 0 Å². The van der Waals surface area contributed by atoms with Gasteiger partial charge < -0.3 is 15.3 Å². The van der Waals surface area contributed by atoms with Crippen molar-refractivity contribution in [3.63, 3.8) is 0 Å². The molecule has 2 aliphatic rings. The molecule has 38 heavy (non-hydrogen) atoms. The molecule has 1 fully saturated rings. The number of fused-ring (bicyclic) bond motifs is 1. The Kier molecular flexibility index (Phi) is 9.35. The first-order valence-corrected chi connectivity index (χ1v) is 13.8. The van der Waals surface area contributed by atoms with Crippen molar-refractivity contribution < 1.29 is 14.7 Å². The maximum absolute atomic E-state index is 11.2. The standard InChI is InChI=1S/C29H31NO.C4H9NO2/c1-22-16-18-29(19-17-22,25-10-8-23(21-31)9-11-25)26-12-14-27(15-13-26)30-20-4-6-24-5-2-3-7-28(24)30;1-5-3-2-4(6)7/h2-3,5,7-15,21-22H,4,6,16-20H2,1H3;5H,2-3H2,1H3,(H,6,7). The quantitative estimate of drug-likeness (QED) is 0.342. The van der Waals surface area contributed by atoms with Crippen LogP contribution in [0.4, 0.5) is 11.4 Å². The molecule has 3 aromatic rings. The first-order chi connectivity index (χ1) is 18.5.